The molecule has 0 amide bonds. The van der Waals surface area contributed by atoms with Gasteiger partial charge in [0.05, 0.1) is 12.6 Å². The summed E-state index contributed by atoms with van der Waals surface area (Å²) in [7, 11) is 1.33. The van der Waals surface area contributed by atoms with Crippen molar-refractivity contribution in [3.8, 4) is 0 Å². The zero-order chi connectivity index (χ0) is 10.7. The topological polar surface area (TPSA) is 65.0 Å². The van der Waals surface area contributed by atoms with Crippen LogP contribution in [0.2, 0.25) is 0 Å². The van der Waals surface area contributed by atoms with Crippen LogP contribution in [0.1, 0.15) is 5.82 Å². The van der Waals surface area contributed by atoms with E-state index in [1.165, 1.54) is 7.11 Å². The van der Waals surface area contributed by atoms with E-state index in [1.54, 1.807) is 0 Å². The van der Waals surface area contributed by atoms with Crippen LogP contribution in [-0.2, 0) is 16.0 Å². The molecule has 0 N–H and O–H groups in total. The standard InChI is InChI=1S/C10H9N3O2/c1-15-10(14)6-9-11-7-4-2-3-5-8(7)12-13-9/h2-5H,6H2,1H3. The molecule has 5 heteroatoms. The maximum atomic E-state index is 11.0. The summed E-state index contributed by atoms with van der Waals surface area (Å²) in [5.41, 5.74) is 1.44. The Morgan fingerprint density at radius 3 is 2.73 bits per heavy atom. The van der Waals surface area contributed by atoms with Crippen molar-refractivity contribution in [1.29, 1.82) is 0 Å². The SMILES string of the molecule is COC(=O)Cc1nnc2ccccc2n1. The average Bonchev–Trinajstić information content (AvgIpc) is 2.29. The van der Waals surface area contributed by atoms with E-state index in [2.05, 4.69) is 19.9 Å². The molecule has 2 rings (SSSR count). The Kier molecular flexibility index (Phi) is 2.53. The van der Waals surface area contributed by atoms with E-state index in [-0.39, 0.29) is 12.4 Å². The molecule has 0 aliphatic carbocycles. The summed E-state index contributed by atoms with van der Waals surface area (Å²) in [5.74, 6) is 0.00707. The lowest BCUT2D eigenvalue weighted by molar-refractivity contribution is -0.139. The smallest absolute Gasteiger partial charge is 0.313 e. The van der Waals surface area contributed by atoms with Crippen molar-refractivity contribution in [2.75, 3.05) is 7.11 Å². The molecule has 1 aromatic carbocycles. The second-order valence-electron chi connectivity index (χ2n) is 2.97. The van der Waals surface area contributed by atoms with E-state index in [0.29, 0.717) is 11.3 Å². The second kappa shape index (κ2) is 4.00. The Labute approximate surface area is 86.1 Å². The molecule has 0 aliphatic rings. The van der Waals surface area contributed by atoms with E-state index in [0.717, 1.165) is 5.52 Å². The summed E-state index contributed by atoms with van der Waals surface area (Å²) >= 11 is 0. The van der Waals surface area contributed by atoms with Gasteiger partial charge in [-0.3, -0.25) is 4.79 Å². The van der Waals surface area contributed by atoms with Crippen molar-refractivity contribution in [3.63, 3.8) is 0 Å². The number of hydrogen-bond donors (Lipinski definition) is 0. The maximum absolute atomic E-state index is 11.0. The summed E-state index contributed by atoms with van der Waals surface area (Å²) in [6.07, 6.45) is 0.0499. The molecule has 0 saturated heterocycles. The summed E-state index contributed by atoms with van der Waals surface area (Å²) in [4.78, 5) is 15.2. The van der Waals surface area contributed by atoms with Gasteiger partial charge < -0.3 is 4.74 Å². The highest BCUT2D eigenvalue weighted by Gasteiger charge is 2.06. The van der Waals surface area contributed by atoms with Crippen molar-refractivity contribution < 1.29 is 9.53 Å². The Balaban J connectivity index is 2.34. The number of para-hydroxylation sites is 1. The molecule has 1 heterocycles. The van der Waals surface area contributed by atoms with Gasteiger partial charge in [-0.25, -0.2) is 4.98 Å². The van der Waals surface area contributed by atoms with Gasteiger partial charge in [-0.2, -0.15) is 0 Å². The van der Waals surface area contributed by atoms with E-state index < -0.39 is 0 Å². The molecule has 2 aromatic rings. The maximum Gasteiger partial charge on any atom is 0.313 e. The third-order valence-corrected chi connectivity index (χ3v) is 1.93. The molecule has 0 atom stereocenters. The molecule has 1 aromatic heterocycles. The Morgan fingerprint density at radius 1 is 1.27 bits per heavy atom. The number of benzene rings is 1. The van der Waals surface area contributed by atoms with Crippen molar-refractivity contribution in [3.05, 3.63) is 30.1 Å². The van der Waals surface area contributed by atoms with Crippen LogP contribution in [-0.4, -0.2) is 28.3 Å². The number of fused-ring (bicyclic) bond motifs is 1. The number of rotatable bonds is 2. The van der Waals surface area contributed by atoms with Crippen LogP contribution in [0.3, 0.4) is 0 Å². The minimum absolute atomic E-state index is 0.0499. The van der Waals surface area contributed by atoms with Crippen LogP contribution in [0.25, 0.3) is 11.0 Å². The summed E-state index contributed by atoms with van der Waals surface area (Å²) in [6.45, 7) is 0. The van der Waals surface area contributed by atoms with Crippen LogP contribution in [0, 0.1) is 0 Å². The number of esters is 1. The number of carbonyl (C=O) groups excluding carboxylic acids is 1. The first-order valence-corrected chi connectivity index (χ1v) is 4.45. The lowest BCUT2D eigenvalue weighted by Gasteiger charge is -1.99. The molecule has 0 spiro atoms. The fourth-order valence-corrected chi connectivity index (χ4v) is 1.19. The van der Waals surface area contributed by atoms with E-state index in [4.69, 9.17) is 0 Å². The van der Waals surface area contributed by atoms with Gasteiger partial charge in [-0.1, -0.05) is 12.1 Å². The summed E-state index contributed by atoms with van der Waals surface area (Å²) < 4.78 is 4.52. The van der Waals surface area contributed by atoms with Gasteiger partial charge in [0.25, 0.3) is 0 Å². The molecule has 5 nitrogen and oxygen atoms in total. The minimum Gasteiger partial charge on any atom is -0.469 e. The predicted molar refractivity (Wildman–Crippen MR) is 53.1 cm³/mol. The number of ether oxygens (including phenoxy) is 1. The van der Waals surface area contributed by atoms with Crippen LogP contribution >= 0.6 is 0 Å². The lowest BCUT2D eigenvalue weighted by Crippen LogP contribution is -2.08. The number of carbonyl (C=O) groups is 1. The Bertz CT molecular complexity index is 499. The predicted octanol–water partition coefficient (Wildman–Crippen LogP) is 0.740. The van der Waals surface area contributed by atoms with Crippen LogP contribution in [0.15, 0.2) is 24.3 Å². The number of nitrogens with zero attached hydrogens (tertiary/aromatic N) is 3. The molecule has 0 fully saturated rings. The third-order valence-electron chi connectivity index (χ3n) is 1.93. The van der Waals surface area contributed by atoms with Crippen LogP contribution in [0.5, 0.6) is 0 Å². The fraction of sp³-hybridized carbons (Fsp3) is 0.200. The minimum atomic E-state index is -0.368. The highest BCUT2D eigenvalue weighted by Crippen LogP contribution is 2.06. The second-order valence-corrected chi connectivity index (χ2v) is 2.97. The first-order chi connectivity index (χ1) is 7.29. The van der Waals surface area contributed by atoms with Gasteiger partial charge in [-0.05, 0) is 12.1 Å². The largest absolute Gasteiger partial charge is 0.469 e. The normalized spacial score (nSPS) is 10.2. The van der Waals surface area contributed by atoms with Gasteiger partial charge in [0.1, 0.15) is 11.9 Å². The summed E-state index contributed by atoms with van der Waals surface area (Å²) in [5, 5.41) is 7.78. The van der Waals surface area contributed by atoms with Crippen molar-refractivity contribution >= 4 is 17.0 Å². The van der Waals surface area contributed by atoms with Crippen molar-refractivity contribution in [2.45, 2.75) is 6.42 Å². The molecular weight excluding hydrogens is 194 g/mol. The number of methoxy groups -OCH3 is 1. The molecule has 15 heavy (non-hydrogen) atoms. The lowest BCUT2D eigenvalue weighted by atomic mass is 10.3. The van der Waals surface area contributed by atoms with E-state index in [9.17, 15) is 4.79 Å². The number of hydrogen-bond acceptors (Lipinski definition) is 5. The van der Waals surface area contributed by atoms with Gasteiger partial charge in [0, 0.05) is 0 Å². The zero-order valence-electron chi connectivity index (χ0n) is 8.17. The first-order valence-electron chi connectivity index (χ1n) is 4.45. The molecular formula is C10H9N3O2. The van der Waals surface area contributed by atoms with E-state index in [1.807, 2.05) is 24.3 Å². The van der Waals surface area contributed by atoms with Crippen LogP contribution in [0.4, 0.5) is 0 Å². The van der Waals surface area contributed by atoms with Crippen LogP contribution < -0.4 is 0 Å². The van der Waals surface area contributed by atoms with Gasteiger partial charge in [-0.15, -0.1) is 10.2 Å². The number of aromatic nitrogens is 3. The van der Waals surface area contributed by atoms with Crippen molar-refractivity contribution in [1.82, 2.24) is 15.2 Å². The Morgan fingerprint density at radius 2 is 2.00 bits per heavy atom. The Hall–Kier alpha value is -2.04. The van der Waals surface area contributed by atoms with Crippen molar-refractivity contribution in [2.24, 2.45) is 0 Å². The molecule has 76 valence electrons. The molecule has 0 aliphatic heterocycles. The molecule has 0 bridgehead atoms. The van der Waals surface area contributed by atoms with E-state index >= 15 is 0 Å². The molecule has 0 saturated carbocycles. The summed E-state index contributed by atoms with van der Waals surface area (Å²) in [6, 6.07) is 7.36. The average molecular weight is 203 g/mol. The van der Waals surface area contributed by atoms with Gasteiger partial charge in [0.15, 0.2) is 5.82 Å². The highest BCUT2D eigenvalue weighted by molar-refractivity contribution is 5.75. The first kappa shape index (κ1) is 9.51. The van der Waals surface area contributed by atoms with Gasteiger partial charge in [0.2, 0.25) is 0 Å². The monoisotopic (exact) mass is 203 g/mol. The molecule has 0 unspecified atom stereocenters. The highest BCUT2D eigenvalue weighted by atomic mass is 16.5. The fourth-order valence-electron chi connectivity index (χ4n) is 1.19. The quantitative estimate of drug-likeness (QED) is 0.673. The third kappa shape index (κ3) is 2.07. The molecule has 0 radical (unpaired) electrons. The van der Waals surface area contributed by atoms with Gasteiger partial charge >= 0.3 is 5.97 Å². The zero-order valence-corrected chi connectivity index (χ0v) is 8.17.